The van der Waals surface area contributed by atoms with Crippen LogP contribution in [0.1, 0.15) is 24.0 Å². The minimum Gasteiger partial charge on any atom is -0.496 e. The molecule has 82 valence electrons. The third-order valence-corrected chi connectivity index (χ3v) is 3.38. The van der Waals surface area contributed by atoms with Crippen LogP contribution < -0.4 is 10.5 Å². The molecule has 3 heteroatoms. The lowest BCUT2D eigenvalue weighted by Crippen LogP contribution is -2.25. The van der Waals surface area contributed by atoms with Crippen LogP contribution in [0.3, 0.4) is 0 Å². The quantitative estimate of drug-likeness (QED) is 0.859. The van der Waals surface area contributed by atoms with Crippen LogP contribution in [0.25, 0.3) is 0 Å². The van der Waals surface area contributed by atoms with Crippen LogP contribution in [-0.2, 0) is 6.42 Å². The van der Waals surface area contributed by atoms with Crippen molar-refractivity contribution < 1.29 is 4.74 Å². The minimum absolute atomic E-state index is 0.0370. The fourth-order valence-electron chi connectivity index (χ4n) is 1.86. The fourth-order valence-corrected chi connectivity index (χ4v) is 2.07. The molecule has 1 fully saturated rings. The Kier molecular flexibility index (Phi) is 2.65. The maximum Gasteiger partial charge on any atom is 0.126 e. The van der Waals surface area contributed by atoms with Gasteiger partial charge in [-0.1, -0.05) is 17.7 Å². The predicted molar refractivity (Wildman–Crippen MR) is 62.6 cm³/mol. The summed E-state index contributed by atoms with van der Waals surface area (Å²) < 4.78 is 5.39. The highest BCUT2D eigenvalue weighted by Gasteiger charge is 2.39. The van der Waals surface area contributed by atoms with Gasteiger partial charge in [-0.25, -0.2) is 0 Å². The average Bonchev–Trinajstić information content (AvgIpc) is 2.91. The molecule has 2 nitrogen and oxygen atoms in total. The molecule has 1 saturated carbocycles. The number of nitrogens with two attached hydrogens (primary N) is 1. The standard InChI is InChI=1S/C12H16ClNO/c1-8-3-4-10(13)9(11(8)15-2)7-12(14)5-6-12/h3-4H,5-7,14H2,1-2H3. The number of methoxy groups -OCH3 is 1. The van der Waals surface area contributed by atoms with Gasteiger partial charge in [0.15, 0.2) is 0 Å². The minimum atomic E-state index is -0.0370. The SMILES string of the molecule is COc1c(C)ccc(Cl)c1CC1(N)CC1. The van der Waals surface area contributed by atoms with E-state index in [0.29, 0.717) is 0 Å². The number of hydrogen-bond donors (Lipinski definition) is 1. The smallest absolute Gasteiger partial charge is 0.126 e. The number of ether oxygens (including phenoxy) is 1. The average molecular weight is 226 g/mol. The number of hydrogen-bond acceptors (Lipinski definition) is 2. The van der Waals surface area contributed by atoms with Crippen LogP contribution in [0.4, 0.5) is 0 Å². The monoisotopic (exact) mass is 225 g/mol. The largest absolute Gasteiger partial charge is 0.496 e. The summed E-state index contributed by atoms with van der Waals surface area (Å²) >= 11 is 6.18. The van der Waals surface area contributed by atoms with Crippen molar-refractivity contribution in [3.05, 3.63) is 28.3 Å². The van der Waals surface area contributed by atoms with Crippen molar-refractivity contribution in [1.82, 2.24) is 0 Å². The highest BCUT2D eigenvalue weighted by molar-refractivity contribution is 6.31. The van der Waals surface area contributed by atoms with E-state index in [0.717, 1.165) is 41.2 Å². The molecular formula is C12H16ClNO. The predicted octanol–water partition coefficient (Wildman–Crippen LogP) is 2.69. The van der Waals surface area contributed by atoms with E-state index in [9.17, 15) is 0 Å². The van der Waals surface area contributed by atoms with Gasteiger partial charge in [-0.05, 0) is 37.8 Å². The van der Waals surface area contributed by atoms with E-state index in [2.05, 4.69) is 0 Å². The van der Waals surface area contributed by atoms with Crippen molar-refractivity contribution in [2.24, 2.45) is 5.73 Å². The summed E-state index contributed by atoms with van der Waals surface area (Å²) in [4.78, 5) is 0. The Bertz CT molecular complexity index is 385. The summed E-state index contributed by atoms with van der Waals surface area (Å²) in [6.07, 6.45) is 2.98. The molecule has 0 amide bonds. The maximum atomic E-state index is 6.18. The van der Waals surface area contributed by atoms with E-state index in [1.165, 1.54) is 0 Å². The van der Waals surface area contributed by atoms with Crippen LogP contribution in [-0.4, -0.2) is 12.6 Å². The van der Waals surface area contributed by atoms with Crippen molar-refractivity contribution in [2.45, 2.75) is 31.7 Å². The summed E-state index contributed by atoms with van der Waals surface area (Å²) in [6, 6.07) is 3.89. The van der Waals surface area contributed by atoms with E-state index in [1.807, 2.05) is 19.1 Å². The molecule has 0 heterocycles. The van der Waals surface area contributed by atoms with Crippen LogP contribution in [0, 0.1) is 6.92 Å². The normalized spacial score (nSPS) is 17.6. The van der Waals surface area contributed by atoms with Gasteiger partial charge in [0, 0.05) is 16.1 Å². The number of aryl methyl sites for hydroxylation is 1. The van der Waals surface area contributed by atoms with Gasteiger partial charge in [0.2, 0.25) is 0 Å². The molecule has 1 aromatic rings. The Morgan fingerprint density at radius 2 is 2.13 bits per heavy atom. The fraction of sp³-hybridized carbons (Fsp3) is 0.500. The summed E-state index contributed by atoms with van der Waals surface area (Å²) in [7, 11) is 1.68. The van der Waals surface area contributed by atoms with Gasteiger partial charge in [0.25, 0.3) is 0 Å². The first-order valence-electron chi connectivity index (χ1n) is 5.16. The second-order valence-electron chi connectivity index (χ2n) is 4.42. The zero-order valence-corrected chi connectivity index (χ0v) is 9.90. The molecule has 0 atom stereocenters. The summed E-state index contributed by atoms with van der Waals surface area (Å²) in [5.41, 5.74) is 8.24. The van der Waals surface area contributed by atoms with Gasteiger partial charge in [-0.15, -0.1) is 0 Å². The molecule has 15 heavy (non-hydrogen) atoms. The van der Waals surface area contributed by atoms with Gasteiger partial charge in [0.1, 0.15) is 5.75 Å². The second-order valence-corrected chi connectivity index (χ2v) is 4.82. The highest BCUT2D eigenvalue weighted by atomic mass is 35.5. The molecule has 0 bridgehead atoms. The summed E-state index contributed by atoms with van der Waals surface area (Å²) in [5, 5.41) is 0.758. The lowest BCUT2D eigenvalue weighted by molar-refractivity contribution is 0.404. The van der Waals surface area contributed by atoms with Crippen molar-refractivity contribution in [3.8, 4) is 5.75 Å². The third kappa shape index (κ3) is 2.11. The van der Waals surface area contributed by atoms with Crippen LogP contribution in [0.5, 0.6) is 5.75 Å². The van der Waals surface area contributed by atoms with Crippen molar-refractivity contribution >= 4 is 11.6 Å². The van der Waals surface area contributed by atoms with E-state index >= 15 is 0 Å². The molecule has 2 rings (SSSR count). The van der Waals surface area contributed by atoms with E-state index in [1.54, 1.807) is 7.11 Å². The molecule has 0 aliphatic heterocycles. The van der Waals surface area contributed by atoms with Crippen molar-refractivity contribution in [3.63, 3.8) is 0 Å². The lowest BCUT2D eigenvalue weighted by Gasteiger charge is -2.16. The number of benzene rings is 1. The van der Waals surface area contributed by atoms with Gasteiger partial charge in [-0.3, -0.25) is 0 Å². The first kappa shape index (κ1) is 10.8. The van der Waals surface area contributed by atoms with E-state index in [4.69, 9.17) is 22.1 Å². The second kappa shape index (κ2) is 3.69. The van der Waals surface area contributed by atoms with Gasteiger partial charge < -0.3 is 10.5 Å². The lowest BCUT2D eigenvalue weighted by atomic mass is 10.0. The molecule has 0 spiro atoms. The van der Waals surface area contributed by atoms with Crippen molar-refractivity contribution in [2.75, 3.05) is 7.11 Å². The molecular weight excluding hydrogens is 210 g/mol. The summed E-state index contributed by atoms with van der Waals surface area (Å²) in [6.45, 7) is 2.02. The van der Waals surface area contributed by atoms with Crippen LogP contribution in [0.2, 0.25) is 5.02 Å². The van der Waals surface area contributed by atoms with Gasteiger partial charge in [0.05, 0.1) is 7.11 Å². The Hall–Kier alpha value is -0.730. The zero-order chi connectivity index (χ0) is 11.1. The summed E-state index contributed by atoms with van der Waals surface area (Å²) in [5.74, 6) is 0.888. The Labute approximate surface area is 95.4 Å². The third-order valence-electron chi connectivity index (χ3n) is 3.03. The van der Waals surface area contributed by atoms with Crippen LogP contribution in [0.15, 0.2) is 12.1 Å². The molecule has 0 aromatic heterocycles. The zero-order valence-electron chi connectivity index (χ0n) is 9.14. The van der Waals surface area contributed by atoms with Gasteiger partial charge in [-0.2, -0.15) is 0 Å². The molecule has 1 aromatic carbocycles. The molecule has 0 radical (unpaired) electrons. The molecule has 0 saturated heterocycles. The molecule has 1 aliphatic carbocycles. The van der Waals surface area contributed by atoms with E-state index in [-0.39, 0.29) is 5.54 Å². The van der Waals surface area contributed by atoms with Gasteiger partial charge >= 0.3 is 0 Å². The topological polar surface area (TPSA) is 35.2 Å². The number of halogens is 1. The molecule has 2 N–H and O–H groups in total. The molecule has 1 aliphatic rings. The molecule has 0 unspecified atom stereocenters. The first-order chi connectivity index (χ1) is 7.06. The van der Waals surface area contributed by atoms with Crippen LogP contribution >= 0.6 is 11.6 Å². The highest BCUT2D eigenvalue weighted by Crippen LogP contribution is 2.40. The first-order valence-corrected chi connectivity index (χ1v) is 5.54. The Morgan fingerprint density at radius 1 is 1.47 bits per heavy atom. The Balaban J connectivity index is 2.38. The maximum absolute atomic E-state index is 6.18. The van der Waals surface area contributed by atoms with E-state index < -0.39 is 0 Å². The Morgan fingerprint density at radius 3 is 2.67 bits per heavy atom. The van der Waals surface area contributed by atoms with Crippen molar-refractivity contribution in [1.29, 1.82) is 0 Å². The number of rotatable bonds is 3.